The van der Waals surface area contributed by atoms with Gasteiger partial charge in [0.1, 0.15) is 5.69 Å². The van der Waals surface area contributed by atoms with E-state index in [0.29, 0.717) is 24.7 Å². The molecule has 0 aromatic carbocycles. The monoisotopic (exact) mass is 346 g/mol. The van der Waals surface area contributed by atoms with Crippen LogP contribution in [0.25, 0.3) is 0 Å². The van der Waals surface area contributed by atoms with Gasteiger partial charge < -0.3 is 4.90 Å². The van der Waals surface area contributed by atoms with Gasteiger partial charge >= 0.3 is 0 Å². The Morgan fingerprint density at radius 1 is 1.42 bits per heavy atom. The van der Waals surface area contributed by atoms with E-state index in [0.717, 1.165) is 36.5 Å². The normalized spacial score (nSPS) is 17.9. The second kappa shape index (κ2) is 7.25. The second-order valence-electron chi connectivity index (χ2n) is 6.20. The molecule has 1 aliphatic heterocycles. The summed E-state index contributed by atoms with van der Waals surface area (Å²) in [5, 5.41) is 7.40. The molecule has 3 rings (SSSR count). The molecule has 0 radical (unpaired) electrons. The summed E-state index contributed by atoms with van der Waals surface area (Å²) >= 11 is 1.67. The smallest absolute Gasteiger partial charge is 0.274 e. The molecule has 1 fully saturated rings. The van der Waals surface area contributed by atoms with Crippen molar-refractivity contribution in [3.05, 3.63) is 44.3 Å². The fraction of sp³-hybridized carbons (Fsp3) is 0.529. The van der Waals surface area contributed by atoms with Crippen molar-refractivity contribution in [2.75, 3.05) is 13.1 Å². The molecule has 0 aliphatic carbocycles. The van der Waals surface area contributed by atoms with E-state index in [4.69, 9.17) is 0 Å². The van der Waals surface area contributed by atoms with Crippen LogP contribution in [0.15, 0.2) is 22.3 Å². The minimum absolute atomic E-state index is 0.0992. The number of amides is 1. The molecule has 3 heterocycles. The number of piperidine rings is 1. The minimum atomic E-state index is -0.164. The van der Waals surface area contributed by atoms with Gasteiger partial charge in [0.05, 0.1) is 5.01 Å². The predicted octanol–water partition coefficient (Wildman–Crippen LogP) is 2.44. The van der Waals surface area contributed by atoms with Crippen LogP contribution in [0.3, 0.4) is 0 Å². The first-order valence-electron chi connectivity index (χ1n) is 8.38. The highest BCUT2D eigenvalue weighted by Crippen LogP contribution is 2.29. The van der Waals surface area contributed by atoms with Crippen LogP contribution in [0, 0.1) is 6.92 Å². The Morgan fingerprint density at radius 2 is 2.25 bits per heavy atom. The second-order valence-corrected chi connectivity index (χ2v) is 7.09. The fourth-order valence-corrected chi connectivity index (χ4v) is 3.95. The van der Waals surface area contributed by atoms with Crippen LogP contribution in [0.1, 0.15) is 53.3 Å². The summed E-state index contributed by atoms with van der Waals surface area (Å²) in [7, 11) is 0. The molecule has 0 N–H and O–H groups in total. The molecule has 2 aromatic heterocycles. The van der Waals surface area contributed by atoms with Crippen LogP contribution in [0.4, 0.5) is 0 Å². The lowest BCUT2D eigenvalue weighted by Gasteiger charge is -2.31. The minimum Gasteiger partial charge on any atom is -0.337 e. The summed E-state index contributed by atoms with van der Waals surface area (Å²) in [6.45, 7) is 5.90. The van der Waals surface area contributed by atoms with Gasteiger partial charge in [-0.2, -0.15) is 5.10 Å². The number of hydrogen-bond acceptors (Lipinski definition) is 5. The van der Waals surface area contributed by atoms with E-state index in [2.05, 4.69) is 15.5 Å². The Hall–Kier alpha value is -2.02. The first-order chi connectivity index (χ1) is 11.6. The average molecular weight is 346 g/mol. The van der Waals surface area contributed by atoms with E-state index < -0.39 is 0 Å². The maximum atomic E-state index is 12.8. The zero-order chi connectivity index (χ0) is 17.1. The highest BCUT2D eigenvalue weighted by atomic mass is 32.1. The first kappa shape index (κ1) is 16.8. The standard InChI is InChI=1S/C17H22N4O2S/c1-3-8-21-15(22)7-6-14(19-21)17(23)20-9-4-5-13(10-20)16-18-12(2)11-24-16/h6-7,11,13H,3-5,8-10H2,1-2H3/t13-/m1/s1. The van der Waals surface area contributed by atoms with E-state index in [-0.39, 0.29) is 11.5 Å². The molecular formula is C17H22N4O2S. The summed E-state index contributed by atoms with van der Waals surface area (Å²) in [6.07, 6.45) is 2.82. The van der Waals surface area contributed by atoms with E-state index >= 15 is 0 Å². The predicted molar refractivity (Wildman–Crippen MR) is 93.5 cm³/mol. The van der Waals surface area contributed by atoms with Crippen LogP contribution in [0.2, 0.25) is 0 Å². The molecule has 128 valence electrons. The lowest BCUT2D eigenvalue weighted by atomic mass is 9.98. The molecule has 0 spiro atoms. The van der Waals surface area contributed by atoms with E-state index in [1.807, 2.05) is 18.7 Å². The Morgan fingerprint density at radius 3 is 2.96 bits per heavy atom. The topological polar surface area (TPSA) is 68.1 Å². The Balaban J connectivity index is 1.77. The maximum absolute atomic E-state index is 12.8. The van der Waals surface area contributed by atoms with Gasteiger partial charge in [-0.05, 0) is 32.3 Å². The number of carbonyl (C=O) groups excluding carboxylic acids is 1. The van der Waals surface area contributed by atoms with Crippen molar-refractivity contribution in [1.82, 2.24) is 19.7 Å². The molecule has 0 saturated carbocycles. The molecule has 24 heavy (non-hydrogen) atoms. The highest BCUT2D eigenvalue weighted by molar-refractivity contribution is 7.09. The number of aryl methyl sites for hydroxylation is 2. The number of carbonyl (C=O) groups is 1. The first-order valence-corrected chi connectivity index (χ1v) is 9.26. The molecule has 7 heteroatoms. The van der Waals surface area contributed by atoms with Crippen LogP contribution >= 0.6 is 11.3 Å². The molecule has 1 atom stereocenters. The van der Waals surface area contributed by atoms with Crippen molar-refractivity contribution in [2.45, 2.75) is 45.6 Å². The summed E-state index contributed by atoms with van der Waals surface area (Å²) in [6, 6.07) is 2.97. The van der Waals surface area contributed by atoms with Gasteiger partial charge in [0.25, 0.3) is 11.5 Å². The number of rotatable bonds is 4. The zero-order valence-electron chi connectivity index (χ0n) is 14.1. The van der Waals surface area contributed by atoms with Crippen molar-refractivity contribution < 1.29 is 4.79 Å². The van der Waals surface area contributed by atoms with E-state index in [1.54, 1.807) is 11.3 Å². The number of thiazole rings is 1. The molecule has 1 saturated heterocycles. The lowest BCUT2D eigenvalue weighted by Crippen LogP contribution is -2.40. The summed E-state index contributed by atoms with van der Waals surface area (Å²) in [5.74, 6) is 0.195. The molecule has 0 bridgehead atoms. The Labute approximate surface area is 145 Å². The van der Waals surface area contributed by atoms with Gasteiger partial charge in [-0.3, -0.25) is 9.59 Å². The number of hydrogen-bond donors (Lipinski definition) is 0. The van der Waals surface area contributed by atoms with Crippen LogP contribution in [-0.2, 0) is 6.54 Å². The largest absolute Gasteiger partial charge is 0.337 e. The lowest BCUT2D eigenvalue weighted by molar-refractivity contribution is 0.0698. The molecule has 0 unspecified atom stereocenters. The van der Waals surface area contributed by atoms with Crippen LogP contribution in [0.5, 0.6) is 0 Å². The van der Waals surface area contributed by atoms with Gasteiger partial charge in [0.2, 0.25) is 0 Å². The SMILES string of the molecule is CCCn1nc(C(=O)N2CCC[C@@H](c3nc(C)cs3)C2)ccc1=O. The third kappa shape index (κ3) is 3.56. The zero-order valence-corrected chi connectivity index (χ0v) is 14.9. The molecule has 1 amide bonds. The van der Waals surface area contributed by atoms with Gasteiger partial charge in [-0.15, -0.1) is 11.3 Å². The summed E-state index contributed by atoms with van der Waals surface area (Å²) in [5.41, 5.74) is 1.22. The van der Waals surface area contributed by atoms with Gasteiger partial charge in [-0.25, -0.2) is 9.67 Å². The highest BCUT2D eigenvalue weighted by Gasteiger charge is 2.28. The third-order valence-corrected chi connectivity index (χ3v) is 5.34. The quantitative estimate of drug-likeness (QED) is 0.853. The van der Waals surface area contributed by atoms with E-state index in [9.17, 15) is 9.59 Å². The molecule has 1 aliphatic rings. The van der Waals surface area contributed by atoms with Crippen molar-refractivity contribution in [1.29, 1.82) is 0 Å². The average Bonchev–Trinajstić information content (AvgIpc) is 3.03. The summed E-state index contributed by atoms with van der Waals surface area (Å²) in [4.78, 5) is 31.0. The Kier molecular flexibility index (Phi) is 5.08. The van der Waals surface area contributed by atoms with Gasteiger partial charge in [-0.1, -0.05) is 6.92 Å². The van der Waals surface area contributed by atoms with Crippen molar-refractivity contribution in [2.24, 2.45) is 0 Å². The maximum Gasteiger partial charge on any atom is 0.274 e. The van der Waals surface area contributed by atoms with Crippen LogP contribution < -0.4 is 5.56 Å². The van der Waals surface area contributed by atoms with Crippen molar-refractivity contribution in [3.8, 4) is 0 Å². The van der Waals surface area contributed by atoms with Gasteiger partial charge in [0, 0.05) is 42.7 Å². The van der Waals surface area contributed by atoms with E-state index in [1.165, 1.54) is 16.8 Å². The van der Waals surface area contributed by atoms with Crippen LogP contribution in [-0.4, -0.2) is 38.7 Å². The van der Waals surface area contributed by atoms with Crippen molar-refractivity contribution in [3.63, 3.8) is 0 Å². The third-order valence-electron chi connectivity index (χ3n) is 4.22. The van der Waals surface area contributed by atoms with Crippen molar-refractivity contribution >= 4 is 17.2 Å². The molecule has 2 aromatic rings. The number of aromatic nitrogens is 3. The van der Waals surface area contributed by atoms with Gasteiger partial charge in [0.15, 0.2) is 0 Å². The summed E-state index contributed by atoms with van der Waals surface area (Å²) < 4.78 is 1.37. The number of nitrogens with zero attached hydrogens (tertiary/aromatic N) is 4. The fourth-order valence-electron chi connectivity index (χ4n) is 3.02. The molecular weight excluding hydrogens is 324 g/mol. The molecule has 6 nitrogen and oxygen atoms in total. The number of likely N-dealkylation sites (tertiary alicyclic amines) is 1. The Bertz CT molecular complexity index is 783.